The minimum atomic E-state index is -0.290. The molecule has 3 rings (SSSR count). The molecule has 5 heteroatoms. The molecule has 0 heterocycles. The maximum Gasteiger partial charge on any atom is 0.189 e. The van der Waals surface area contributed by atoms with Crippen LogP contribution in [0.5, 0.6) is 0 Å². The highest BCUT2D eigenvalue weighted by atomic mass is 32.1. The molecule has 0 saturated carbocycles. The van der Waals surface area contributed by atoms with Crippen molar-refractivity contribution in [1.29, 1.82) is 0 Å². The summed E-state index contributed by atoms with van der Waals surface area (Å²) < 4.78 is 12.9. The predicted octanol–water partition coefficient (Wildman–Crippen LogP) is 4.44. The van der Waals surface area contributed by atoms with Crippen molar-refractivity contribution in [2.24, 2.45) is 0 Å². The number of hydrogen-bond donors (Lipinski definition) is 3. The van der Waals surface area contributed by atoms with Gasteiger partial charge < -0.3 is 5.32 Å². The molecule has 0 aliphatic carbocycles. The summed E-state index contributed by atoms with van der Waals surface area (Å²) in [4.78, 5) is 0. The third-order valence-electron chi connectivity index (χ3n) is 3.53. The van der Waals surface area contributed by atoms with Crippen molar-refractivity contribution in [3.63, 3.8) is 0 Å². The highest BCUT2D eigenvalue weighted by molar-refractivity contribution is 7.80. The third-order valence-corrected chi connectivity index (χ3v) is 3.73. The van der Waals surface area contributed by atoms with Crippen molar-refractivity contribution in [2.75, 3.05) is 5.32 Å². The lowest BCUT2D eigenvalue weighted by Crippen LogP contribution is -2.38. The van der Waals surface area contributed by atoms with E-state index in [1.165, 1.54) is 17.5 Å². The average Bonchev–Trinajstić information content (AvgIpc) is 2.61. The number of rotatable bonds is 4. The van der Waals surface area contributed by atoms with Crippen molar-refractivity contribution in [3.05, 3.63) is 84.7 Å². The Morgan fingerprint density at radius 3 is 2.33 bits per heavy atom. The van der Waals surface area contributed by atoms with Crippen LogP contribution in [0, 0.1) is 5.82 Å². The van der Waals surface area contributed by atoms with Crippen LogP contribution in [-0.2, 0) is 0 Å². The van der Waals surface area contributed by atoms with E-state index in [2.05, 4.69) is 40.9 Å². The third kappa shape index (κ3) is 3.88. The van der Waals surface area contributed by atoms with Gasteiger partial charge >= 0.3 is 0 Å². The van der Waals surface area contributed by atoms with Gasteiger partial charge in [0.25, 0.3) is 0 Å². The first-order valence-corrected chi connectivity index (χ1v) is 7.79. The second-order valence-corrected chi connectivity index (χ2v) is 5.66. The van der Waals surface area contributed by atoms with E-state index in [4.69, 9.17) is 12.2 Å². The monoisotopic (exact) mass is 337 g/mol. The average molecular weight is 337 g/mol. The summed E-state index contributed by atoms with van der Waals surface area (Å²) in [6, 6.07) is 20.2. The van der Waals surface area contributed by atoms with Gasteiger partial charge in [-0.25, -0.2) is 4.39 Å². The van der Waals surface area contributed by atoms with Gasteiger partial charge in [-0.1, -0.05) is 43.0 Å². The summed E-state index contributed by atoms with van der Waals surface area (Å²) in [6.45, 7) is 4.01. The predicted molar refractivity (Wildman–Crippen MR) is 102 cm³/mol. The van der Waals surface area contributed by atoms with Crippen molar-refractivity contribution in [2.45, 2.75) is 0 Å². The van der Waals surface area contributed by atoms with E-state index < -0.39 is 0 Å². The van der Waals surface area contributed by atoms with Crippen LogP contribution < -0.4 is 16.2 Å². The minimum Gasteiger partial charge on any atom is -0.331 e. The number of anilines is 1. The maximum absolute atomic E-state index is 12.9. The van der Waals surface area contributed by atoms with Crippen LogP contribution in [0.2, 0.25) is 0 Å². The Morgan fingerprint density at radius 1 is 0.875 bits per heavy atom. The highest BCUT2D eigenvalue weighted by Gasteiger charge is 2.02. The highest BCUT2D eigenvalue weighted by Crippen LogP contribution is 2.18. The number of thiocarbonyl (C=S) groups is 1. The number of hydrogen-bond acceptors (Lipinski definition) is 2. The summed E-state index contributed by atoms with van der Waals surface area (Å²) >= 11 is 5.19. The van der Waals surface area contributed by atoms with Gasteiger partial charge in [-0.05, 0) is 58.9 Å². The molecule has 3 N–H and O–H groups in total. The summed E-state index contributed by atoms with van der Waals surface area (Å²) in [5, 5.41) is 5.64. The van der Waals surface area contributed by atoms with Crippen LogP contribution in [0.25, 0.3) is 16.5 Å². The molecule has 0 atom stereocenters. The molecule has 24 heavy (non-hydrogen) atoms. The van der Waals surface area contributed by atoms with Gasteiger partial charge in [0.15, 0.2) is 5.11 Å². The molecular formula is C19H16FN3S. The summed E-state index contributed by atoms with van der Waals surface area (Å²) in [5.41, 5.74) is 8.20. The zero-order valence-corrected chi connectivity index (χ0v) is 13.7. The molecule has 0 unspecified atom stereocenters. The van der Waals surface area contributed by atoms with Gasteiger partial charge in [0.2, 0.25) is 0 Å². The van der Waals surface area contributed by atoms with Gasteiger partial charge in [-0.2, -0.15) is 0 Å². The van der Waals surface area contributed by atoms with Gasteiger partial charge in [0.1, 0.15) is 5.82 Å². The molecule has 0 aliphatic rings. The number of nitrogens with one attached hydrogen (secondary N) is 3. The van der Waals surface area contributed by atoms with Crippen molar-refractivity contribution < 1.29 is 4.39 Å². The molecule has 0 aliphatic heterocycles. The zero-order chi connectivity index (χ0) is 16.9. The maximum atomic E-state index is 12.9. The Hall–Kier alpha value is -2.92. The van der Waals surface area contributed by atoms with Gasteiger partial charge in [-0.15, -0.1) is 0 Å². The fourth-order valence-electron chi connectivity index (χ4n) is 2.28. The lowest BCUT2D eigenvalue weighted by Gasteiger charge is -2.14. The molecule has 3 aromatic rings. The van der Waals surface area contributed by atoms with E-state index in [0.717, 1.165) is 10.9 Å². The first kappa shape index (κ1) is 16.0. The van der Waals surface area contributed by atoms with Crippen molar-refractivity contribution in [3.8, 4) is 0 Å². The second-order valence-electron chi connectivity index (χ2n) is 5.25. The molecule has 3 nitrogen and oxygen atoms in total. The molecule has 0 amide bonds. The van der Waals surface area contributed by atoms with E-state index in [1.54, 1.807) is 12.1 Å². The fraction of sp³-hybridized carbons (Fsp3) is 0. The van der Waals surface area contributed by atoms with E-state index in [0.29, 0.717) is 16.5 Å². The lowest BCUT2D eigenvalue weighted by atomic mass is 10.1. The first-order valence-electron chi connectivity index (χ1n) is 7.38. The summed E-state index contributed by atoms with van der Waals surface area (Å²) in [6.07, 6.45) is 0. The summed E-state index contributed by atoms with van der Waals surface area (Å²) in [5.74, 6) is -0.290. The minimum absolute atomic E-state index is 0.290. The lowest BCUT2D eigenvalue weighted by molar-refractivity contribution is 0.628. The second kappa shape index (κ2) is 7.10. The number of hydrazine groups is 1. The van der Waals surface area contributed by atoms with Crippen LogP contribution in [0.15, 0.2) is 73.3 Å². The van der Waals surface area contributed by atoms with Gasteiger partial charge in [0, 0.05) is 5.69 Å². The van der Waals surface area contributed by atoms with E-state index in [1.807, 2.05) is 24.3 Å². The molecule has 0 aromatic heterocycles. The number of benzene rings is 3. The first-order chi connectivity index (χ1) is 11.6. The Bertz CT molecular complexity index is 891. The SMILES string of the molecule is C=C(NNC(=S)Nc1ccc(F)cc1)c1ccc2ccccc2c1. The van der Waals surface area contributed by atoms with E-state index in [9.17, 15) is 4.39 Å². The normalized spacial score (nSPS) is 10.2. The molecule has 3 aromatic carbocycles. The molecule has 0 bridgehead atoms. The molecule has 0 fully saturated rings. The van der Waals surface area contributed by atoms with E-state index in [-0.39, 0.29) is 5.82 Å². The van der Waals surface area contributed by atoms with E-state index >= 15 is 0 Å². The molecular weight excluding hydrogens is 321 g/mol. The summed E-state index contributed by atoms with van der Waals surface area (Å²) in [7, 11) is 0. The largest absolute Gasteiger partial charge is 0.331 e. The van der Waals surface area contributed by atoms with Crippen molar-refractivity contribution in [1.82, 2.24) is 10.9 Å². The molecule has 0 saturated heterocycles. The Labute approximate surface area is 145 Å². The fourth-order valence-corrected chi connectivity index (χ4v) is 2.45. The Kier molecular flexibility index (Phi) is 4.72. The standard InChI is InChI=1S/C19H16FN3S/c1-13(15-7-6-14-4-2-3-5-16(14)12-15)22-23-19(24)21-18-10-8-17(20)9-11-18/h2-12,22H,1H2,(H2,21,23,24). The van der Waals surface area contributed by atoms with Gasteiger partial charge in [0.05, 0.1) is 5.70 Å². The topological polar surface area (TPSA) is 36.1 Å². The quantitative estimate of drug-likeness (QED) is 0.486. The van der Waals surface area contributed by atoms with Crippen molar-refractivity contribution >= 4 is 39.5 Å². The molecule has 0 spiro atoms. The molecule has 120 valence electrons. The number of fused-ring (bicyclic) bond motifs is 1. The van der Waals surface area contributed by atoms with Gasteiger partial charge in [-0.3, -0.25) is 10.9 Å². The van der Waals surface area contributed by atoms with Crippen LogP contribution in [0.4, 0.5) is 10.1 Å². The molecule has 0 radical (unpaired) electrons. The smallest absolute Gasteiger partial charge is 0.189 e. The Balaban J connectivity index is 1.59. The Morgan fingerprint density at radius 2 is 1.58 bits per heavy atom. The van der Waals surface area contributed by atoms with Crippen LogP contribution >= 0.6 is 12.2 Å². The van der Waals surface area contributed by atoms with Crippen LogP contribution in [-0.4, -0.2) is 5.11 Å². The zero-order valence-electron chi connectivity index (χ0n) is 12.8. The van der Waals surface area contributed by atoms with Crippen LogP contribution in [0.1, 0.15) is 5.56 Å². The van der Waals surface area contributed by atoms with Crippen LogP contribution in [0.3, 0.4) is 0 Å². The number of halogens is 1.